The van der Waals surface area contributed by atoms with E-state index in [0.29, 0.717) is 18.6 Å². The summed E-state index contributed by atoms with van der Waals surface area (Å²) in [6.07, 6.45) is -3.07. The summed E-state index contributed by atoms with van der Waals surface area (Å²) in [5.74, 6) is -1.77. The van der Waals surface area contributed by atoms with E-state index in [-0.39, 0.29) is 23.1 Å². The van der Waals surface area contributed by atoms with Gasteiger partial charge in [0.05, 0.1) is 5.92 Å². The quantitative estimate of drug-likeness (QED) is 0.862. The van der Waals surface area contributed by atoms with E-state index < -0.39 is 30.3 Å². The summed E-state index contributed by atoms with van der Waals surface area (Å²) in [4.78, 5) is 12.5. The molecule has 0 saturated heterocycles. The standard InChI is InChI=1S/C19H23F3N2O3/c1-3-13-8-9-15-14(10-13)18(26,19(20,21)22)24(23-15)17(25)11-27-16-7-5-4-6-12(16)2/h4-7,13-14,26H,3,8-11H2,1-2H3/t13-,14+,18+/m1/s1. The van der Waals surface area contributed by atoms with Crippen LogP contribution in [0.4, 0.5) is 13.2 Å². The van der Waals surface area contributed by atoms with Crippen LogP contribution in [0.15, 0.2) is 29.4 Å². The molecule has 3 atom stereocenters. The predicted molar refractivity (Wildman–Crippen MR) is 93.1 cm³/mol. The van der Waals surface area contributed by atoms with E-state index in [4.69, 9.17) is 4.74 Å². The number of benzene rings is 1. The first-order chi connectivity index (χ1) is 12.7. The Morgan fingerprint density at radius 3 is 2.74 bits per heavy atom. The molecule has 5 nitrogen and oxygen atoms in total. The van der Waals surface area contributed by atoms with Crippen molar-refractivity contribution in [3.05, 3.63) is 29.8 Å². The van der Waals surface area contributed by atoms with E-state index >= 15 is 0 Å². The van der Waals surface area contributed by atoms with Crippen LogP contribution in [-0.2, 0) is 4.79 Å². The second kappa shape index (κ2) is 7.14. The van der Waals surface area contributed by atoms with Crippen LogP contribution >= 0.6 is 0 Å². The van der Waals surface area contributed by atoms with Crippen molar-refractivity contribution in [1.82, 2.24) is 5.01 Å². The molecule has 1 saturated carbocycles. The highest BCUT2D eigenvalue weighted by Gasteiger charge is 2.68. The summed E-state index contributed by atoms with van der Waals surface area (Å²) >= 11 is 0. The third kappa shape index (κ3) is 3.42. The molecule has 0 aromatic heterocycles. The molecule has 1 amide bonds. The van der Waals surface area contributed by atoms with Gasteiger partial charge in [-0.15, -0.1) is 0 Å². The highest BCUT2D eigenvalue weighted by molar-refractivity contribution is 5.93. The number of fused-ring (bicyclic) bond motifs is 1. The molecule has 1 aliphatic heterocycles. The summed E-state index contributed by atoms with van der Waals surface area (Å²) < 4.78 is 46.9. The molecule has 8 heteroatoms. The molecule has 0 spiro atoms. The summed E-state index contributed by atoms with van der Waals surface area (Å²) in [5.41, 5.74) is -2.32. The number of carbonyl (C=O) groups excluding carboxylic acids is 1. The molecule has 1 aliphatic carbocycles. The summed E-state index contributed by atoms with van der Waals surface area (Å²) in [6.45, 7) is 3.04. The van der Waals surface area contributed by atoms with Gasteiger partial charge in [-0.25, -0.2) is 0 Å². The van der Waals surface area contributed by atoms with Gasteiger partial charge in [-0.05, 0) is 43.7 Å². The van der Waals surface area contributed by atoms with Crippen molar-refractivity contribution in [3.63, 3.8) is 0 Å². The number of aryl methyl sites for hydroxylation is 1. The fraction of sp³-hybridized carbons (Fsp3) is 0.579. The van der Waals surface area contributed by atoms with Gasteiger partial charge in [0.25, 0.3) is 11.6 Å². The van der Waals surface area contributed by atoms with Crippen molar-refractivity contribution in [2.24, 2.45) is 16.9 Å². The maximum absolute atomic E-state index is 13.8. The average molecular weight is 384 g/mol. The molecular weight excluding hydrogens is 361 g/mol. The van der Waals surface area contributed by atoms with Gasteiger partial charge in [0.2, 0.25) is 0 Å². The predicted octanol–water partition coefficient (Wildman–Crippen LogP) is 3.65. The van der Waals surface area contributed by atoms with Gasteiger partial charge in [-0.2, -0.15) is 23.3 Å². The van der Waals surface area contributed by atoms with Crippen LogP contribution in [0.1, 0.15) is 38.2 Å². The molecule has 1 fully saturated rings. The number of hydrogen-bond donors (Lipinski definition) is 1. The van der Waals surface area contributed by atoms with Crippen LogP contribution in [-0.4, -0.2) is 40.2 Å². The molecule has 148 valence electrons. The Balaban J connectivity index is 1.83. The molecule has 27 heavy (non-hydrogen) atoms. The first-order valence-corrected chi connectivity index (χ1v) is 9.06. The third-order valence-electron chi connectivity index (χ3n) is 5.49. The van der Waals surface area contributed by atoms with E-state index in [1.807, 2.05) is 6.92 Å². The highest BCUT2D eigenvalue weighted by atomic mass is 19.4. The number of alkyl halides is 3. The minimum atomic E-state index is -5.02. The molecule has 1 aromatic rings. The van der Waals surface area contributed by atoms with Crippen LogP contribution < -0.4 is 4.74 Å². The van der Waals surface area contributed by atoms with Crippen molar-refractivity contribution in [2.45, 2.75) is 51.4 Å². The van der Waals surface area contributed by atoms with E-state index in [1.165, 1.54) is 0 Å². The van der Waals surface area contributed by atoms with Crippen LogP contribution in [0.25, 0.3) is 0 Å². The first kappa shape index (κ1) is 19.7. The fourth-order valence-corrected chi connectivity index (χ4v) is 3.84. The Morgan fingerprint density at radius 2 is 2.11 bits per heavy atom. The number of halogens is 3. The second-order valence-electron chi connectivity index (χ2n) is 7.18. The van der Waals surface area contributed by atoms with Crippen molar-refractivity contribution in [3.8, 4) is 5.75 Å². The Morgan fingerprint density at radius 1 is 1.41 bits per heavy atom. The Hall–Kier alpha value is -2.09. The Bertz CT molecular complexity index is 750. The molecule has 0 radical (unpaired) electrons. The number of para-hydroxylation sites is 1. The van der Waals surface area contributed by atoms with Gasteiger partial charge in [-0.1, -0.05) is 31.5 Å². The van der Waals surface area contributed by atoms with E-state index in [9.17, 15) is 23.1 Å². The Kier molecular flexibility index (Phi) is 5.20. The maximum atomic E-state index is 13.8. The largest absolute Gasteiger partial charge is 0.483 e. The molecule has 1 N–H and O–H groups in total. The van der Waals surface area contributed by atoms with Gasteiger partial charge in [0, 0.05) is 5.71 Å². The van der Waals surface area contributed by atoms with Crippen molar-refractivity contribution in [1.29, 1.82) is 0 Å². The number of aliphatic hydroxyl groups is 1. The van der Waals surface area contributed by atoms with E-state index in [2.05, 4.69) is 5.10 Å². The zero-order chi connectivity index (χ0) is 19.8. The molecule has 1 aromatic carbocycles. The number of ether oxygens (including phenoxy) is 1. The first-order valence-electron chi connectivity index (χ1n) is 9.06. The molecule has 3 rings (SSSR count). The van der Waals surface area contributed by atoms with Gasteiger partial charge < -0.3 is 9.84 Å². The van der Waals surface area contributed by atoms with Gasteiger partial charge in [0.1, 0.15) is 5.75 Å². The van der Waals surface area contributed by atoms with Crippen LogP contribution in [0.2, 0.25) is 0 Å². The lowest BCUT2D eigenvalue weighted by molar-refractivity contribution is -0.318. The average Bonchev–Trinajstić information content (AvgIpc) is 2.94. The van der Waals surface area contributed by atoms with E-state index in [0.717, 1.165) is 12.0 Å². The van der Waals surface area contributed by atoms with Crippen molar-refractivity contribution >= 4 is 11.6 Å². The van der Waals surface area contributed by atoms with Gasteiger partial charge >= 0.3 is 6.18 Å². The second-order valence-corrected chi connectivity index (χ2v) is 7.18. The summed E-state index contributed by atoms with van der Waals surface area (Å²) in [7, 11) is 0. The number of carbonyl (C=O) groups is 1. The number of hydrazone groups is 1. The monoisotopic (exact) mass is 384 g/mol. The molecule has 2 aliphatic rings. The zero-order valence-electron chi connectivity index (χ0n) is 15.3. The lowest BCUT2D eigenvalue weighted by atomic mass is 9.74. The molecule has 0 bridgehead atoms. The fourth-order valence-electron chi connectivity index (χ4n) is 3.84. The number of rotatable bonds is 4. The number of nitrogens with zero attached hydrogens (tertiary/aromatic N) is 2. The molecule has 0 unspecified atom stereocenters. The molecular formula is C19H23F3N2O3. The van der Waals surface area contributed by atoms with Crippen molar-refractivity contribution in [2.75, 3.05) is 6.61 Å². The van der Waals surface area contributed by atoms with Crippen LogP contribution in [0.3, 0.4) is 0 Å². The molecule has 1 heterocycles. The van der Waals surface area contributed by atoms with Crippen molar-refractivity contribution < 1.29 is 27.8 Å². The topological polar surface area (TPSA) is 62.1 Å². The van der Waals surface area contributed by atoms with Crippen LogP contribution in [0, 0.1) is 18.8 Å². The lowest BCUT2D eigenvalue weighted by Crippen LogP contribution is -2.62. The number of amides is 1. The van der Waals surface area contributed by atoms with Gasteiger partial charge in [-0.3, -0.25) is 4.79 Å². The zero-order valence-corrected chi connectivity index (χ0v) is 15.3. The minimum absolute atomic E-state index is 0.0705. The highest BCUT2D eigenvalue weighted by Crippen LogP contribution is 2.49. The summed E-state index contributed by atoms with van der Waals surface area (Å²) in [5, 5.41) is 14.7. The lowest BCUT2D eigenvalue weighted by Gasteiger charge is -2.39. The normalized spacial score (nSPS) is 27.9. The SMILES string of the molecule is CC[C@@H]1CCC2=NN(C(=O)COc3ccccc3C)[C@@](O)(C(F)(F)F)[C@H]2C1. The summed E-state index contributed by atoms with van der Waals surface area (Å²) in [6, 6.07) is 6.88. The maximum Gasteiger partial charge on any atom is 0.439 e. The van der Waals surface area contributed by atoms with Crippen LogP contribution in [0.5, 0.6) is 5.75 Å². The number of hydrogen-bond acceptors (Lipinski definition) is 4. The minimum Gasteiger partial charge on any atom is -0.483 e. The smallest absolute Gasteiger partial charge is 0.439 e. The Labute approximate surface area is 155 Å². The van der Waals surface area contributed by atoms with Gasteiger partial charge in [0.15, 0.2) is 6.61 Å². The third-order valence-corrected chi connectivity index (χ3v) is 5.49. The van der Waals surface area contributed by atoms with E-state index in [1.54, 1.807) is 31.2 Å².